The van der Waals surface area contributed by atoms with Gasteiger partial charge in [-0.2, -0.15) is 0 Å². The van der Waals surface area contributed by atoms with Crippen molar-refractivity contribution in [1.29, 1.82) is 0 Å². The Balaban J connectivity index is 1.73. The third-order valence-corrected chi connectivity index (χ3v) is 4.25. The summed E-state index contributed by atoms with van der Waals surface area (Å²) in [5.74, 6) is 0.594. The maximum Gasteiger partial charge on any atom is 0.243 e. The van der Waals surface area contributed by atoms with Crippen molar-refractivity contribution in [2.45, 2.75) is 31.8 Å². The number of likely N-dealkylation sites (N-methyl/N-ethyl adjacent to an activating group) is 1. The first-order chi connectivity index (χ1) is 11.0. The van der Waals surface area contributed by atoms with Crippen LogP contribution in [0.1, 0.15) is 24.0 Å². The van der Waals surface area contributed by atoms with Crippen molar-refractivity contribution in [1.82, 2.24) is 15.1 Å². The summed E-state index contributed by atoms with van der Waals surface area (Å²) in [6, 6.07) is 5.44. The molecule has 2 aliphatic rings. The lowest BCUT2D eigenvalue weighted by Crippen LogP contribution is -2.45. The average molecular weight is 318 g/mol. The van der Waals surface area contributed by atoms with Crippen LogP contribution < -0.4 is 5.32 Å². The summed E-state index contributed by atoms with van der Waals surface area (Å²) in [6.45, 7) is 1.63. The Morgan fingerprint density at radius 1 is 1.39 bits per heavy atom. The number of amides is 1. The zero-order valence-electron chi connectivity index (χ0n) is 13.7. The minimum absolute atomic E-state index is 0.0143. The van der Waals surface area contributed by atoms with Gasteiger partial charge < -0.3 is 15.1 Å². The third kappa shape index (κ3) is 4.00. The third-order valence-electron chi connectivity index (χ3n) is 4.25. The van der Waals surface area contributed by atoms with Crippen LogP contribution in [0.2, 0.25) is 0 Å². The zero-order valence-corrected chi connectivity index (χ0v) is 13.7. The summed E-state index contributed by atoms with van der Waals surface area (Å²) in [5.41, 5.74) is 2.19. The molecule has 0 radical (unpaired) electrons. The number of nitrogens with zero attached hydrogens (tertiary/aromatic N) is 3. The van der Waals surface area contributed by atoms with E-state index < -0.39 is 0 Å². The Bertz CT molecular complexity index is 625. The molecule has 0 saturated heterocycles. The number of aliphatic imine (C=N–C) groups is 1. The number of hydrogen-bond acceptors (Lipinski definition) is 2. The van der Waals surface area contributed by atoms with Gasteiger partial charge in [0.25, 0.3) is 0 Å². The first-order valence-corrected chi connectivity index (χ1v) is 8.06. The van der Waals surface area contributed by atoms with E-state index >= 15 is 0 Å². The van der Waals surface area contributed by atoms with Gasteiger partial charge in [-0.1, -0.05) is 6.07 Å². The van der Waals surface area contributed by atoms with Gasteiger partial charge >= 0.3 is 0 Å². The van der Waals surface area contributed by atoms with Gasteiger partial charge in [0.1, 0.15) is 12.4 Å². The van der Waals surface area contributed by atoms with Crippen LogP contribution in [0.25, 0.3) is 0 Å². The lowest BCUT2D eigenvalue weighted by atomic mass is 10.00. The monoisotopic (exact) mass is 318 g/mol. The molecule has 1 N–H and O–H groups in total. The normalized spacial score (nSPS) is 17.7. The quantitative estimate of drug-likeness (QED) is 0.677. The second-order valence-corrected chi connectivity index (χ2v) is 6.43. The molecule has 1 fully saturated rings. The highest BCUT2D eigenvalue weighted by molar-refractivity contribution is 5.85. The summed E-state index contributed by atoms with van der Waals surface area (Å²) in [7, 11) is 3.47. The molecule has 1 aliphatic carbocycles. The van der Waals surface area contributed by atoms with Crippen molar-refractivity contribution < 1.29 is 9.18 Å². The number of nitrogens with one attached hydrogen (secondary N) is 1. The fourth-order valence-electron chi connectivity index (χ4n) is 2.63. The van der Waals surface area contributed by atoms with Gasteiger partial charge in [0.05, 0.1) is 0 Å². The van der Waals surface area contributed by atoms with E-state index in [1.54, 1.807) is 25.1 Å². The predicted molar refractivity (Wildman–Crippen MR) is 87.7 cm³/mol. The van der Waals surface area contributed by atoms with Gasteiger partial charge in [-0.05, 0) is 42.5 Å². The SMILES string of the molecule is CN(C)C(=O)CN=C(NC1CC1)N1CCc2cc(F)ccc2C1. The highest BCUT2D eigenvalue weighted by atomic mass is 19.1. The van der Waals surface area contributed by atoms with E-state index in [-0.39, 0.29) is 18.3 Å². The number of guanidine groups is 1. The van der Waals surface area contributed by atoms with E-state index in [2.05, 4.69) is 15.2 Å². The number of benzene rings is 1. The van der Waals surface area contributed by atoms with Crippen LogP contribution in [0, 0.1) is 5.82 Å². The zero-order chi connectivity index (χ0) is 16.4. The Labute approximate surface area is 136 Å². The van der Waals surface area contributed by atoms with Crippen molar-refractivity contribution in [2.24, 2.45) is 4.99 Å². The number of carbonyl (C=O) groups excluding carboxylic acids is 1. The maximum absolute atomic E-state index is 13.3. The van der Waals surface area contributed by atoms with Crippen molar-refractivity contribution in [2.75, 3.05) is 27.2 Å². The fraction of sp³-hybridized carbons (Fsp3) is 0.529. The number of fused-ring (bicyclic) bond motifs is 1. The van der Waals surface area contributed by atoms with E-state index in [9.17, 15) is 9.18 Å². The molecule has 0 unspecified atom stereocenters. The fourth-order valence-corrected chi connectivity index (χ4v) is 2.63. The number of hydrogen-bond donors (Lipinski definition) is 1. The lowest BCUT2D eigenvalue weighted by molar-refractivity contribution is -0.127. The van der Waals surface area contributed by atoms with Crippen LogP contribution in [0.15, 0.2) is 23.2 Å². The molecule has 1 aliphatic heterocycles. The molecule has 1 saturated carbocycles. The first kappa shape index (κ1) is 15.8. The van der Waals surface area contributed by atoms with Crippen LogP contribution in [0.3, 0.4) is 0 Å². The van der Waals surface area contributed by atoms with Crippen LogP contribution in [-0.2, 0) is 17.8 Å². The van der Waals surface area contributed by atoms with Crippen molar-refractivity contribution in [3.63, 3.8) is 0 Å². The van der Waals surface area contributed by atoms with Crippen molar-refractivity contribution in [3.8, 4) is 0 Å². The van der Waals surface area contributed by atoms with E-state index in [1.165, 1.54) is 6.07 Å². The van der Waals surface area contributed by atoms with Crippen molar-refractivity contribution >= 4 is 11.9 Å². The second kappa shape index (κ2) is 6.56. The summed E-state index contributed by atoms with van der Waals surface area (Å²) >= 11 is 0. The Morgan fingerprint density at radius 2 is 2.17 bits per heavy atom. The van der Waals surface area contributed by atoms with E-state index in [1.807, 2.05) is 6.07 Å². The van der Waals surface area contributed by atoms with Gasteiger partial charge in [-0.25, -0.2) is 9.38 Å². The van der Waals surface area contributed by atoms with Gasteiger partial charge in [0.2, 0.25) is 5.91 Å². The summed E-state index contributed by atoms with van der Waals surface area (Å²) < 4.78 is 13.3. The molecule has 0 spiro atoms. The van der Waals surface area contributed by atoms with E-state index in [0.717, 1.165) is 42.9 Å². The second-order valence-electron chi connectivity index (χ2n) is 6.43. The van der Waals surface area contributed by atoms with Crippen LogP contribution in [0.5, 0.6) is 0 Å². The van der Waals surface area contributed by atoms with E-state index in [0.29, 0.717) is 12.6 Å². The van der Waals surface area contributed by atoms with Crippen LogP contribution in [0.4, 0.5) is 4.39 Å². The summed E-state index contributed by atoms with van der Waals surface area (Å²) in [6.07, 6.45) is 3.09. The molecule has 23 heavy (non-hydrogen) atoms. The van der Waals surface area contributed by atoms with Crippen molar-refractivity contribution in [3.05, 3.63) is 35.1 Å². The van der Waals surface area contributed by atoms with E-state index in [4.69, 9.17) is 0 Å². The van der Waals surface area contributed by atoms with Crippen LogP contribution >= 0.6 is 0 Å². The maximum atomic E-state index is 13.3. The molecule has 1 aromatic carbocycles. The highest BCUT2D eigenvalue weighted by Gasteiger charge is 2.27. The molecule has 1 amide bonds. The number of carbonyl (C=O) groups is 1. The van der Waals surface area contributed by atoms with Gasteiger partial charge in [-0.3, -0.25) is 4.79 Å². The van der Waals surface area contributed by atoms with Crippen LogP contribution in [-0.4, -0.2) is 54.9 Å². The molecular formula is C17H23FN4O. The van der Waals surface area contributed by atoms with Gasteiger partial charge in [0.15, 0.2) is 5.96 Å². The standard InChI is InChI=1S/C17H23FN4O/c1-21(2)16(23)10-19-17(20-15-5-6-15)22-8-7-12-9-14(18)4-3-13(12)11-22/h3-4,9,15H,5-8,10-11H2,1-2H3,(H,19,20). The molecule has 0 aromatic heterocycles. The molecule has 124 valence electrons. The largest absolute Gasteiger partial charge is 0.353 e. The molecule has 5 nitrogen and oxygen atoms in total. The topological polar surface area (TPSA) is 47.9 Å². The Kier molecular flexibility index (Phi) is 4.50. The molecule has 0 bridgehead atoms. The summed E-state index contributed by atoms with van der Waals surface area (Å²) in [4.78, 5) is 20.0. The summed E-state index contributed by atoms with van der Waals surface area (Å²) in [5, 5.41) is 3.43. The minimum Gasteiger partial charge on any atom is -0.353 e. The predicted octanol–water partition coefficient (Wildman–Crippen LogP) is 1.38. The lowest BCUT2D eigenvalue weighted by Gasteiger charge is -2.32. The van der Waals surface area contributed by atoms with Gasteiger partial charge in [-0.15, -0.1) is 0 Å². The molecule has 1 aromatic rings. The van der Waals surface area contributed by atoms with Gasteiger partial charge in [0, 0.05) is 33.2 Å². The molecule has 6 heteroatoms. The molecule has 1 heterocycles. The first-order valence-electron chi connectivity index (χ1n) is 8.06. The Hall–Kier alpha value is -2.11. The molecule has 3 rings (SSSR count). The smallest absolute Gasteiger partial charge is 0.243 e. The average Bonchev–Trinajstić information content (AvgIpc) is 3.34. The number of halogens is 1. The molecule has 0 atom stereocenters. The Morgan fingerprint density at radius 3 is 2.87 bits per heavy atom. The highest BCUT2D eigenvalue weighted by Crippen LogP contribution is 2.22. The number of rotatable bonds is 3. The minimum atomic E-state index is -0.182. The molecular weight excluding hydrogens is 295 g/mol.